The molecule has 1 aliphatic rings. The predicted molar refractivity (Wildman–Crippen MR) is 78.5 cm³/mol. The number of pyridine rings is 1. The fourth-order valence-corrected chi connectivity index (χ4v) is 3.37. The van der Waals surface area contributed by atoms with E-state index in [1.54, 1.807) is 0 Å². The van der Waals surface area contributed by atoms with Crippen molar-refractivity contribution in [2.24, 2.45) is 11.8 Å². The second-order valence-electron chi connectivity index (χ2n) is 5.59. The van der Waals surface area contributed by atoms with Crippen molar-refractivity contribution in [2.45, 2.75) is 39.2 Å². The third-order valence-corrected chi connectivity index (χ3v) is 4.55. The van der Waals surface area contributed by atoms with Crippen LogP contribution in [0.3, 0.4) is 0 Å². The molecule has 3 rings (SSSR count). The Morgan fingerprint density at radius 3 is 3.05 bits per heavy atom. The van der Waals surface area contributed by atoms with Crippen LogP contribution in [0.15, 0.2) is 18.3 Å². The van der Waals surface area contributed by atoms with E-state index in [9.17, 15) is 0 Å². The van der Waals surface area contributed by atoms with Crippen molar-refractivity contribution in [1.29, 1.82) is 0 Å². The van der Waals surface area contributed by atoms with Gasteiger partial charge in [0.05, 0.1) is 0 Å². The lowest BCUT2D eigenvalue weighted by Gasteiger charge is -2.17. The molecule has 4 heteroatoms. The largest absolute Gasteiger partial charge is 0.312 e. The maximum atomic E-state index is 5.91. The molecule has 0 radical (unpaired) electrons. The van der Waals surface area contributed by atoms with Crippen LogP contribution in [-0.4, -0.2) is 20.4 Å². The highest BCUT2D eigenvalue weighted by molar-refractivity contribution is 6.17. The summed E-state index contributed by atoms with van der Waals surface area (Å²) in [6, 6.07) is 3.98. The molecule has 2 heterocycles. The summed E-state index contributed by atoms with van der Waals surface area (Å²) < 4.78 is 2.30. The molecule has 0 spiro atoms. The molecular formula is C15H20ClN3. The third-order valence-electron chi connectivity index (χ3n) is 4.36. The van der Waals surface area contributed by atoms with Crippen LogP contribution in [0.2, 0.25) is 0 Å². The van der Waals surface area contributed by atoms with Crippen LogP contribution in [-0.2, 0) is 13.0 Å². The Hall–Kier alpha value is -1.09. The fraction of sp³-hybridized carbons (Fsp3) is 0.600. The number of aromatic nitrogens is 3. The van der Waals surface area contributed by atoms with Crippen molar-refractivity contribution >= 4 is 22.8 Å². The van der Waals surface area contributed by atoms with Gasteiger partial charge in [0.25, 0.3) is 0 Å². The minimum Gasteiger partial charge on any atom is -0.312 e. The standard InChI is InChI=1S/C15H20ClN3/c1-11-4-2-5-12(11)10-19-14(7-8-16)18-13-6-3-9-17-15(13)19/h3,6,9,11-12H,2,4-5,7-8,10H2,1H3. The molecular weight excluding hydrogens is 258 g/mol. The summed E-state index contributed by atoms with van der Waals surface area (Å²) in [5.74, 6) is 3.27. The van der Waals surface area contributed by atoms with Gasteiger partial charge in [-0.1, -0.05) is 19.8 Å². The summed E-state index contributed by atoms with van der Waals surface area (Å²) in [5, 5.41) is 0. The predicted octanol–water partition coefficient (Wildman–Crippen LogP) is 3.65. The van der Waals surface area contributed by atoms with Crippen LogP contribution in [0.1, 0.15) is 32.0 Å². The average molecular weight is 278 g/mol. The lowest BCUT2D eigenvalue weighted by atomic mass is 9.98. The van der Waals surface area contributed by atoms with E-state index in [-0.39, 0.29) is 0 Å². The molecule has 2 aromatic rings. The second kappa shape index (κ2) is 5.49. The minimum atomic E-state index is 0.615. The van der Waals surface area contributed by atoms with E-state index in [2.05, 4.69) is 21.5 Å². The summed E-state index contributed by atoms with van der Waals surface area (Å²) >= 11 is 5.91. The highest BCUT2D eigenvalue weighted by Crippen LogP contribution is 2.33. The van der Waals surface area contributed by atoms with E-state index in [1.165, 1.54) is 19.3 Å². The zero-order valence-corrected chi connectivity index (χ0v) is 12.1. The lowest BCUT2D eigenvalue weighted by molar-refractivity contribution is 0.363. The molecule has 2 atom stereocenters. The number of fused-ring (bicyclic) bond motifs is 1. The molecule has 0 amide bonds. The van der Waals surface area contributed by atoms with Crippen molar-refractivity contribution in [3.8, 4) is 0 Å². The molecule has 1 aliphatic carbocycles. The number of hydrogen-bond acceptors (Lipinski definition) is 2. The van der Waals surface area contributed by atoms with Crippen LogP contribution >= 0.6 is 11.6 Å². The van der Waals surface area contributed by atoms with Crippen LogP contribution < -0.4 is 0 Å². The van der Waals surface area contributed by atoms with Crippen LogP contribution in [0.25, 0.3) is 11.2 Å². The molecule has 1 fully saturated rings. The van der Waals surface area contributed by atoms with Crippen LogP contribution in [0.4, 0.5) is 0 Å². The van der Waals surface area contributed by atoms with Crippen molar-refractivity contribution < 1.29 is 0 Å². The Labute approximate surface area is 119 Å². The highest BCUT2D eigenvalue weighted by atomic mass is 35.5. The molecule has 3 nitrogen and oxygen atoms in total. The highest BCUT2D eigenvalue weighted by Gasteiger charge is 2.25. The second-order valence-corrected chi connectivity index (χ2v) is 5.97. The van der Waals surface area contributed by atoms with E-state index in [4.69, 9.17) is 11.6 Å². The summed E-state index contributed by atoms with van der Waals surface area (Å²) in [4.78, 5) is 9.19. The van der Waals surface area contributed by atoms with Gasteiger partial charge < -0.3 is 4.57 Å². The Morgan fingerprint density at radius 1 is 1.42 bits per heavy atom. The van der Waals surface area contributed by atoms with Gasteiger partial charge in [0, 0.05) is 25.0 Å². The fourth-order valence-electron chi connectivity index (χ4n) is 3.20. The Bertz CT molecular complexity index is 564. The van der Waals surface area contributed by atoms with Gasteiger partial charge in [-0.2, -0.15) is 0 Å². The molecule has 1 saturated carbocycles. The van der Waals surface area contributed by atoms with Crippen molar-refractivity contribution in [1.82, 2.24) is 14.5 Å². The van der Waals surface area contributed by atoms with E-state index in [0.29, 0.717) is 5.88 Å². The first-order valence-electron chi connectivity index (χ1n) is 7.15. The van der Waals surface area contributed by atoms with E-state index in [1.807, 2.05) is 18.3 Å². The molecule has 0 bridgehead atoms. The van der Waals surface area contributed by atoms with Gasteiger partial charge in [0.1, 0.15) is 11.3 Å². The van der Waals surface area contributed by atoms with E-state index >= 15 is 0 Å². The maximum Gasteiger partial charge on any atom is 0.159 e. The van der Waals surface area contributed by atoms with Crippen molar-refractivity contribution in [3.63, 3.8) is 0 Å². The first-order valence-corrected chi connectivity index (χ1v) is 7.69. The van der Waals surface area contributed by atoms with Gasteiger partial charge in [-0.15, -0.1) is 11.6 Å². The van der Waals surface area contributed by atoms with Crippen molar-refractivity contribution in [3.05, 3.63) is 24.2 Å². The summed E-state index contributed by atoms with van der Waals surface area (Å²) in [6.07, 6.45) is 6.71. The summed E-state index contributed by atoms with van der Waals surface area (Å²) in [6.45, 7) is 3.41. The Kier molecular flexibility index (Phi) is 3.74. The lowest BCUT2D eigenvalue weighted by Crippen LogP contribution is -2.16. The normalized spacial score (nSPS) is 23.3. The monoisotopic (exact) mass is 277 g/mol. The number of alkyl halides is 1. The number of imidazole rings is 1. The zero-order valence-electron chi connectivity index (χ0n) is 11.3. The summed E-state index contributed by atoms with van der Waals surface area (Å²) in [5.41, 5.74) is 2.01. The quantitative estimate of drug-likeness (QED) is 0.799. The molecule has 0 N–H and O–H groups in total. The number of nitrogens with zero attached hydrogens (tertiary/aromatic N) is 3. The van der Waals surface area contributed by atoms with E-state index in [0.717, 1.165) is 41.8 Å². The molecule has 0 aromatic carbocycles. The number of halogens is 1. The summed E-state index contributed by atoms with van der Waals surface area (Å²) in [7, 11) is 0. The Balaban J connectivity index is 1.97. The topological polar surface area (TPSA) is 30.7 Å². The van der Waals surface area contributed by atoms with Gasteiger partial charge in [-0.05, 0) is 30.4 Å². The maximum absolute atomic E-state index is 5.91. The third kappa shape index (κ3) is 2.48. The molecule has 102 valence electrons. The SMILES string of the molecule is CC1CCCC1Cn1c(CCCl)nc2cccnc21. The molecule has 2 unspecified atom stereocenters. The van der Waals surface area contributed by atoms with Crippen LogP contribution in [0, 0.1) is 11.8 Å². The van der Waals surface area contributed by atoms with Crippen LogP contribution in [0.5, 0.6) is 0 Å². The van der Waals surface area contributed by atoms with Crippen molar-refractivity contribution in [2.75, 3.05) is 5.88 Å². The van der Waals surface area contributed by atoms with Gasteiger partial charge in [-0.25, -0.2) is 9.97 Å². The molecule has 0 saturated heterocycles. The minimum absolute atomic E-state index is 0.615. The first-order chi connectivity index (χ1) is 9.29. The Morgan fingerprint density at radius 2 is 2.32 bits per heavy atom. The molecule has 19 heavy (non-hydrogen) atoms. The average Bonchev–Trinajstić information content (AvgIpc) is 2.96. The first kappa shape index (κ1) is 12.9. The number of aryl methyl sites for hydroxylation is 1. The zero-order chi connectivity index (χ0) is 13.2. The molecule has 0 aliphatic heterocycles. The van der Waals surface area contributed by atoms with Gasteiger partial charge in [-0.3, -0.25) is 0 Å². The number of rotatable bonds is 4. The van der Waals surface area contributed by atoms with Gasteiger partial charge in [0.15, 0.2) is 5.65 Å². The van der Waals surface area contributed by atoms with Gasteiger partial charge in [0.2, 0.25) is 0 Å². The van der Waals surface area contributed by atoms with Gasteiger partial charge >= 0.3 is 0 Å². The van der Waals surface area contributed by atoms with E-state index < -0.39 is 0 Å². The smallest absolute Gasteiger partial charge is 0.159 e. The molecule has 2 aromatic heterocycles. The number of hydrogen-bond donors (Lipinski definition) is 0.